The summed E-state index contributed by atoms with van der Waals surface area (Å²) in [5.41, 5.74) is -2.02. The van der Waals surface area contributed by atoms with Crippen LogP contribution in [-0.4, -0.2) is 29.6 Å². The minimum Gasteiger partial charge on any atom is -0.494 e. The van der Waals surface area contributed by atoms with E-state index in [9.17, 15) is 28.3 Å². The van der Waals surface area contributed by atoms with Crippen molar-refractivity contribution in [3.8, 4) is 11.9 Å². The molecule has 6 nitrogen and oxygen atoms in total. The molecule has 0 atom stereocenters. The summed E-state index contributed by atoms with van der Waals surface area (Å²) >= 11 is 0. The van der Waals surface area contributed by atoms with E-state index < -0.39 is 23.2 Å². The van der Waals surface area contributed by atoms with Gasteiger partial charge >= 0.3 is 6.18 Å². The number of hydrogen-bond donors (Lipinski definition) is 1. The van der Waals surface area contributed by atoms with E-state index in [2.05, 4.69) is 4.99 Å². The van der Waals surface area contributed by atoms with E-state index in [0.717, 1.165) is 16.8 Å². The molecule has 0 saturated carbocycles. The van der Waals surface area contributed by atoms with Gasteiger partial charge in [-0.1, -0.05) is 12.1 Å². The van der Waals surface area contributed by atoms with E-state index in [4.69, 9.17) is 4.74 Å². The van der Waals surface area contributed by atoms with E-state index in [1.54, 1.807) is 6.07 Å². The molecule has 148 valence electrons. The Kier molecular flexibility index (Phi) is 6.59. The van der Waals surface area contributed by atoms with Crippen LogP contribution in [0.3, 0.4) is 0 Å². The molecule has 1 heterocycles. The number of nitrogens with zero attached hydrogens (tertiary/aromatic N) is 3. The second-order valence-electron chi connectivity index (χ2n) is 5.93. The second kappa shape index (κ2) is 8.71. The molecule has 0 bridgehead atoms. The van der Waals surface area contributed by atoms with Crippen molar-refractivity contribution in [1.29, 1.82) is 5.26 Å². The summed E-state index contributed by atoms with van der Waals surface area (Å²) in [6, 6.07) is 6.51. The molecule has 0 radical (unpaired) electrons. The quantitative estimate of drug-likeness (QED) is 0.601. The van der Waals surface area contributed by atoms with Crippen LogP contribution < -0.4 is 5.56 Å². The Morgan fingerprint density at radius 3 is 2.64 bits per heavy atom. The molecular formula is C19H18F3N3O3. The molecule has 0 saturated heterocycles. The first-order valence-corrected chi connectivity index (χ1v) is 8.28. The number of nitriles is 1. The molecule has 0 aliphatic heterocycles. The molecule has 2 aromatic rings. The molecule has 0 aliphatic carbocycles. The van der Waals surface area contributed by atoms with E-state index in [-0.39, 0.29) is 28.9 Å². The number of aromatic nitrogens is 1. The fourth-order valence-electron chi connectivity index (χ4n) is 2.66. The maximum Gasteiger partial charge on any atom is 0.418 e. The zero-order valence-corrected chi connectivity index (χ0v) is 15.2. The van der Waals surface area contributed by atoms with Crippen LogP contribution in [0, 0.1) is 18.3 Å². The molecule has 1 aromatic heterocycles. The molecule has 2 rings (SSSR count). The highest BCUT2D eigenvalue weighted by molar-refractivity contribution is 5.87. The summed E-state index contributed by atoms with van der Waals surface area (Å²) in [4.78, 5) is 16.2. The molecule has 0 unspecified atom stereocenters. The van der Waals surface area contributed by atoms with Crippen molar-refractivity contribution >= 4 is 11.9 Å². The summed E-state index contributed by atoms with van der Waals surface area (Å²) in [7, 11) is 1.48. The van der Waals surface area contributed by atoms with E-state index in [1.165, 1.54) is 32.2 Å². The molecule has 28 heavy (non-hydrogen) atoms. The van der Waals surface area contributed by atoms with Crippen molar-refractivity contribution in [2.45, 2.75) is 26.1 Å². The second-order valence-corrected chi connectivity index (χ2v) is 5.93. The maximum absolute atomic E-state index is 13.1. The average Bonchev–Trinajstić information content (AvgIpc) is 2.64. The van der Waals surface area contributed by atoms with E-state index >= 15 is 0 Å². The number of methoxy groups -OCH3 is 1. The fourth-order valence-corrected chi connectivity index (χ4v) is 2.66. The van der Waals surface area contributed by atoms with E-state index in [1.807, 2.05) is 0 Å². The summed E-state index contributed by atoms with van der Waals surface area (Å²) in [6.45, 7) is 1.83. The Labute approximate surface area is 159 Å². The number of pyridine rings is 1. The number of aliphatic imine (C=N–C) groups is 1. The zero-order valence-electron chi connectivity index (χ0n) is 15.2. The number of benzene rings is 1. The number of rotatable bonds is 6. The number of ether oxygens (including phenoxy) is 1. The SMILES string of the molecule is COCCCn1c(O)c(C=Nc2ccccc2C(F)(F)F)c(C)c(C#N)c1=O. The summed E-state index contributed by atoms with van der Waals surface area (Å²) in [5.74, 6) is -0.467. The zero-order chi connectivity index (χ0) is 20.9. The smallest absolute Gasteiger partial charge is 0.418 e. The number of para-hydroxylation sites is 1. The largest absolute Gasteiger partial charge is 0.494 e. The van der Waals surface area contributed by atoms with Gasteiger partial charge in [-0.15, -0.1) is 0 Å². The third-order valence-corrected chi connectivity index (χ3v) is 4.12. The van der Waals surface area contributed by atoms with Gasteiger partial charge in [-0.3, -0.25) is 14.4 Å². The summed E-state index contributed by atoms with van der Waals surface area (Å²) < 4.78 is 45.3. The van der Waals surface area contributed by atoms with Crippen LogP contribution in [0.4, 0.5) is 18.9 Å². The molecule has 0 aliphatic rings. The van der Waals surface area contributed by atoms with Gasteiger partial charge in [0.1, 0.15) is 11.6 Å². The van der Waals surface area contributed by atoms with E-state index in [0.29, 0.717) is 13.0 Å². The van der Waals surface area contributed by atoms with Crippen molar-refractivity contribution in [3.63, 3.8) is 0 Å². The first-order chi connectivity index (χ1) is 13.2. The monoisotopic (exact) mass is 393 g/mol. The minimum atomic E-state index is -4.60. The van der Waals surface area contributed by atoms with Gasteiger partial charge in [0, 0.05) is 26.5 Å². The highest BCUT2D eigenvalue weighted by Crippen LogP contribution is 2.36. The Hall–Kier alpha value is -3.12. The van der Waals surface area contributed by atoms with Crippen LogP contribution in [0.5, 0.6) is 5.88 Å². The molecule has 0 spiro atoms. The van der Waals surface area contributed by atoms with Crippen LogP contribution in [-0.2, 0) is 17.5 Å². The van der Waals surface area contributed by atoms with Crippen molar-refractivity contribution in [2.75, 3.05) is 13.7 Å². The third-order valence-electron chi connectivity index (χ3n) is 4.12. The van der Waals surface area contributed by atoms with Crippen LogP contribution in [0.2, 0.25) is 0 Å². The molecule has 1 aromatic carbocycles. The lowest BCUT2D eigenvalue weighted by atomic mass is 10.1. The van der Waals surface area contributed by atoms with Gasteiger partial charge in [-0.2, -0.15) is 18.4 Å². The third kappa shape index (κ3) is 4.40. The van der Waals surface area contributed by atoms with Crippen molar-refractivity contribution in [3.05, 3.63) is 56.9 Å². The highest BCUT2D eigenvalue weighted by Gasteiger charge is 2.33. The van der Waals surface area contributed by atoms with Crippen LogP contribution >= 0.6 is 0 Å². The number of halogens is 3. The number of aromatic hydroxyl groups is 1. The highest BCUT2D eigenvalue weighted by atomic mass is 19.4. The number of hydrogen-bond acceptors (Lipinski definition) is 5. The standard InChI is InChI=1S/C19H18F3N3O3/c1-12-13(10-23)17(26)25(8-5-9-28-2)18(27)14(12)11-24-16-7-4-3-6-15(16)19(20,21)22/h3-4,6-7,11,27H,5,8-9H2,1-2H3. The van der Waals surface area contributed by atoms with Crippen LogP contribution in [0.25, 0.3) is 0 Å². The molecule has 1 N–H and O–H groups in total. The van der Waals surface area contributed by atoms with Crippen LogP contribution in [0.1, 0.15) is 28.7 Å². The lowest BCUT2D eigenvalue weighted by Gasteiger charge is -2.14. The summed E-state index contributed by atoms with van der Waals surface area (Å²) in [6.07, 6.45) is -3.17. The van der Waals surface area contributed by atoms with Gasteiger partial charge < -0.3 is 9.84 Å². The van der Waals surface area contributed by atoms with Crippen molar-refractivity contribution in [2.24, 2.45) is 4.99 Å². The average molecular weight is 393 g/mol. The fraction of sp³-hybridized carbons (Fsp3) is 0.316. The normalized spacial score (nSPS) is 11.7. The molecular weight excluding hydrogens is 375 g/mol. The van der Waals surface area contributed by atoms with Gasteiger partial charge in [0.15, 0.2) is 0 Å². The Bertz CT molecular complexity index is 989. The molecule has 0 fully saturated rings. The van der Waals surface area contributed by atoms with Crippen LogP contribution in [0.15, 0.2) is 34.1 Å². The molecule has 0 amide bonds. The first kappa shape index (κ1) is 21.2. The van der Waals surface area contributed by atoms with Gasteiger partial charge in [0.25, 0.3) is 5.56 Å². The Balaban J connectivity index is 2.58. The number of alkyl halides is 3. The Morgan fingerprint density at radius 2 is 2.04 bits per heavy atom. The lowest BCUT2D eigenvalue weighted by molar-refractivity contribution is -0.137. The maximum atomic E-state index is 13.1. The lowest BCUT2D eigenvalue weighted by Crippen LogP contribution is -2.26. The molecule has 9 heteroatoms. The van der Waals surface area contributed by atoms with Crippen molar-refractivity contribution in [1.82, 2.24) is 4.57 Å². The van der Waals surface area contributed by atoms with Gasteiger partial charge in [0.2, 0.25) is 5.88 Å². The minimum absolute atomic E-state index is 0.00513. The van der Waals surface area contributed by atoms with Crippen molar-refractivity contribution < 1.29 is 23.0 Å². The first-order valence-electron chi connectivity index (χ1n) is 8.28. The van der Waals surface area contributed by atoms with Gasteiger partial charge in [-0.25, -0.2) is 0 Å². The predicted octanol–water partition coefficient (Wildman–Crippen LogP) is 3.54. The summed E-state index contributed by atoms with van der Waals surface area (Å²) in [5, 5.41) is 19.8. The van der Waals surface area contributed by atoms with Gasteiger partial charge in [0.05, 0.1) is 16.8 Å². The topological polar surface area (TPSA) is 87.6 Å². The Morgan fingerprint density at radius 1 is 1.36 bits per heavy atom. The predicted molar refractivity (Wildman–Crippen MR) is 97.0 cm³/mol. The van der Waals surface area contributed by atoms with Gasteiger partial charge in [-0.05, 0) is 31.0 Å².